The third-order valence-electron chi connectivity index (χ3n) is 3.63. The number of likely N-dealkylation sites (N-methyl/N-ethyl adjacent to an activating group) is 1. The second-order valence-electron chi connectivity index (χ2n) is 5.44. The van der Waals surface area contributed by atoms with Gasteiger partial charge in [0.1, 0.15) is 0 Å². The van der Waals surface area contributed by atoms with Crippen LogP contribution in [-0.2, 0) is 17.7 Å². The van der Waals surface area contributed by atoms with Gasteiger partial charge in [0.2, 0.25) is 0 Å². The highest BCUT2D eigenvalue weighted by atomic mass is 16.5. The molecule has 0 aromatic carbocycles. The molecule has 0 saturated heterocycles. The first kappa shape index (κ1) is 15.2. The largest absolute Gasteiger partial charge is 0.379 e. The lowest BCUT2D eigenvalue weighted by Gasteiger charge is -2.22. The van der Waals surface area contributed by atoms with Gasteiger partial charge in [0, 0.05) is 19.3 Å². The van der Waals surface area contributed by atoms with E-state index in [0.29, 0.717) is 0 Å². The van der Waals surface area contributed by atoms with Crippen LogP contribution in [0.3, 0.4) is 0 Å². The van der Waals surface area contributed by atoms with Gasteiger partial charge in [-0.3, -0.25) is 4.68 Å². The predicted molar refractivity (Wildman–Crippen MR) is 75.0 cm³/mol. The van der Waals surface area contributed by atoms with Gasteiger partial charge < -0.3 is 10.1 Å². The van der Waals surface area contributed by atoms with Crippen molar-refractivity contribution in [1.82, 2.24) is 15.1 Å². The van der Waals surface area contributed by atoms with Crippen molar-refractivity contribution in [3.63, 3.8) is 0 Å². The minimum atomic E-state index is -0.0859. The molecular weight excluding hydrogens is 226 g/mol. The zero-order chi connectivity index (χ0) is 13.8. The van der Waals surface area contributed by atoms with E-state index >= 15 is 0 Å². The van der Waals surface area contributed by atoms with E-state index in [0.717, 1.165) is 31.6 Å². The maximum Gasteiger partial charge on any atom is 0.0640 e. The van der Waals surface area contributed by atoms with Gasteiger partial charge in [0.25, 0.3) is 0 Å². The first-order valence-electron chi connectivity index (χ1n) is 6.64. The average Bonchev–Trinajstić information content (AvgIpc) is 2.60. The van der Waals surface area contributed by atoms with Crippen LogP contribution in [0.5, 0.6) is 0 Å². The summed E-state index contributed by atoms with van der Waals surface area (Å²) in [5.74, 6) is 0. The number of ether oxygens (including phenoxy) is 1. The quantitative estimate of drug-likeness (QED) is 0.808. The molecule has 0 amide bonds. The molecule has 4 heteroatoms. The molecule has 0 radical (unpaired) electrons. The number of nitrogens with one attached hydrogen (secondary N) is 1. The van der Waals surface area contributed by atoms with Crippen LogP contribution in [-0.4, -0.2) is 36.1 Å². The van der Waals surface area contributed by atoms with Crippen LogP contribution >= 0.6 is 0 Å². The molecule has 0 bridgehead atoms. The van der Waals surface area contributed by atoms with Gasteiger partial charge in [-0.05, 0) is 59.7 Å². The predicted octanol–water partition coefficient (Wildman–Crippen LogP) is 2.08. The SMILES string of the molecule is CNCCc1c(C)nn(CCC(C)(C)OC)c1C. The topological polar surface area (TPSA) is 39.1 Å². The molecule has 0 aliphatic rings. The van der Waals surface area contributed by atoms with Crippen molar-refractivity contribution in [1.29, 1.82) is 0 Å². The molecule has 1 N–H and O–H groups in total. The molecule has 18 heavy (non-hydrogen) atoms. The van der Waals surface area contributed by atoms with Crippen LogP contribution in [0.2, 0.25) is 0 Å². The minimum absolute atomic E-state index is 0.0859. The summed E-state index contributed by atoms with van der Waals surface area (Å²) in [6.45, 7) is 10.4. The van der Waals surface area contributed by atoms with Crippen LogP contribution < -0.4 is 5.32 Å². The highest BCUT2D eigenvalue weighted by molar-refractivity contribution is 5.24. The van der Waals surface area contributed by atoms with Gasteiger partial charge >= 0.3 is 0 Å². The van der Waals surface area contributed by atoms with Crippen LogP contribution in [0.1, 0.15) is 37.2 Å². The minimum Gasteiger partial charge on any atom is -0.379 e. The fourth-order valence-electron chi connectivity index (χ4n) is 2.04. The summed E-state index contributed by atoms with van der Waals surface area (Å²) < 4.78 is 7.56. The normalized spacial score (nSPS) is 12.1. The van der Waals surface area contributed by atoms with E-state index in [1.54, 1.807) is 7.11 Å². The number of hydrogen-bond donors (Lipinski definition) is 1. The van der Waals surface area contributed by atoms with Crippen LogP contribution in [0, 0.1) is 13.8 Å². The average molecular weight is 253 g/mol. The van der Waals surface area contributed by atoms with Gasteiger partial charge in [-0.2, -0.15) is 5.10 Å². The summed E-state index contributed by atoms with van der Waals surface area (Å²) in [4.78, 5) is 0. The fraction of sp³-hybridized carbons (Fsp3) is 0.786. The summed E-state index contributed by atoms with van der Waals surface area (Å²) in [7, 11) is 3.75. The molecule has 0 unspecified atom stereocenters. The lowest BCUT2D eigenvalue weighted by molar-refractivity contribution is 0.0112. The molecule has 4 nitrogen and oxygen atoms in total. The van der Waals surface area contributed by atoms with Gasteiger partial charge in [0.15, 0.2) is 0 Å². The Bertz CT molecular complexity index is 383. The molecule has 0 aliphatic heterocycles. The van der Waals surface area contributed by atoms with Crippen molar-refractivity contribution in [2.45, 2.75) is 52.7 Å². The number of nitrogens with zero attached hydrogens (tertiary/aromatic N) is 2. The monoisotopic (exact) mass is 253 g/mol. The number of aromatic nitrogens is 2. The second-order valence-corrected chi connectivity index (χ2v) is 5.44. The van der Waals surface area contributed by atoms with Gasteiger partial charge in [0.05, 0.1) is 11.3 Å². The van der Waals surface area contributed by atoms with Gasteiger partial charge in [-0.15, -0.1) is 0 Å². The Balaban J connectivity index is 2.73. The number of aryl methyl sites for hydroxylation is 2. The smallest absolute Gasteiger partial charge is 0.0640 e. The highest BCUT2D eigenvalue weighted by Crippen LogP contribution is 2.18. The molecule has 104 valence electrons. The van der Waals surface area contributed by atoms with Crippen molar-refractivity contribution < 1.29 is 4.74 Å². The second kappa shape index (κ2) is 6.34. The van der Waals surface area contributed by atoms with Crippen LogP contribution in [0.25, 0.3) is 0 Å². The summed E-state index contributed by atoms with van der Waals surface area (Å²) >= 11 is 0. The maximum absolute atomic E-state index is 5.45. The Labute approximate surface area is 111 Å². The lowest BCUT2D eigenvalue weighted by atomic mass is 10.1. The Hall–Kier alpha value is -0.870. The molecule has 1 aromatic rings. The Kier molecular flexibility index (Phi) is 5.35. The van der Waals surface area contributed by atoms with E-state index in [2.05, 4.69) is 42.8 Å². The third kappa shape index (κ3) is 3.82. The summed E-state index contributed by atoms with van der Waals surface area (Å²) in [5.41, 5.74) is 3.73. The van der Waals surface area contributed by atoms with E-state index in [9.17, 15) is 0 Å². The van der Waals surface area contributed by atoms with Crippen molar-refractivity contribution in [3.05, 3.63) is 17.0 Å². The Morgan fingerprint density at radius 1 is 1.33 bits per heavy atom. The maximum atomic E-state index is 5.45. The van der Waals surface area contributed by atoms with Crippen molar-refractivity contribution in [2.75, 3.05) is 20.7 Å². The molecule has 0 aliphatic carbocycles. The molecule has 1 aromatic heterocycles. The molecule has 1 rings (SSSR count). The molecule has 0 spiro atoms. The Morgan fingerprint density at radius 2 is 2.00 bits per heavy atom. The zero-order valence-electron chi connectivity index (χ0n) is 12.6. The fourth-order valence-corrected chi connectivity index (χ4v) is 2.04. The van der Waals surface area contributed by atoms with Gasteiger partial charge in [-0.25, -0.2) is 0 Å². The highest BCUT2D eigenvalue weighted by Gasteiger charge is 2.18. The molecule has 0 fully saturated rings. The van der Waals surface area contributed by atoms with E-state index in [1.807, 2.05) is 7.05 Å². The van der Waals surface area contributed by atoms with E-state index in [4.69, 9.17) is 4.74 Å². The lowest BCUT2D eigenvalue weighted by Crippen LogP contribution is -2.25. The number of hydrogen-bond acceptors (Lipinski definition) is 3. The van der Waals surface area contributed by atoms with Crippen LogP contribution in [0.4, 0.5) is 0 Å². The summed E-state index contributed by atoms with van der Waals surface area (Å²) in [6.07, 6.45) is 2.01. The van der Waals surface area contributed by atoms with Crippen molar-refractivity contribution >= 4 is 0 Å². The number of rotatable bonds is 7. The van der Waals surface area contributed by atoms with E-state index < -0.39 is 0 Å². The first-order chi connectivity index (χ1) is 8.41. The van der Waals surface area contributed by atoms with E-state index in [1.165, 1.54) is 11.3 Å². The third-order valence-corrected chi connectivity index (χ3v) is 3.63. The summed E-state index contributed by atoms with van der Waals surface area (Å²) in [6, 6.07) is 0. The van der Waals surface area contributed by atoms with Crippen molar-refractivity contribution in [2.24, 2.45) is 0 Å². The zero-order valence-corrected chi connectivity index (χ0v) is 12.6. The molecule has 1 heterocycles. The molecular formula is C14H27N3O. The molecule has 0 saturated carbocycles. The van der Waals surface area contributed by atoms with Crippen LogP contribution in [0.15, 0.2) is 0 Å². The first-order valence-corrected chi connectivity index (χ1v) is 6.64. The standard InChI is InChI=1S/C14H27N3O/c1-11-13(7-9-15-5)12(2)17(16-11)10-8-14(3,4)18-6/h15H,7-10H2,1-6H3. The number of methoxy groups -OCH3 is 1. The van der Waals surface area contributed by atoms with Gasteiger partial charge in [-0.1, -0.05) is 0 Å². The Morgan fingerprint density at radius 3 is 2.56 bits per heavy atom. The summed E-state index contributed by atoms with van der Waals surface area (Å²) in [5, 5.41) is 7.82. The van der Waals surface area contributed by atoms with Crippen molar-refractivity contribution in [3.8, 4) is 0 Å². The van der Waals surface area contributed by atoms with E-state index in [-0.39, 0.29) is 5.60 Å². The molecule has 0 atom stereocenters.